The van der Waals surface area contributed by atoms with E-state index >= 15 is 0 Å². The third-order valence-corrected chi connectivity index (χ3v) is 3.10. The minimum Gasteiger partial charge on any atom is -0.384 e. The molecular weight excluding hydrogens is 174 g/mol. The highest BCUT2D eigenvalue weighted by Crippen LogP contribution is 1.93. The van der Waals surface area contributed by atoms with Crippen LogP contribution in [-0.4, -0.2) is 42.5 Å². The molecule has 3 nitrogen and oxygen atoms in total. The first-order valence-corrected chi connectivity index (χ1v) is 5.70. The first kappa shape index (κ1) is 12.1. The van der Waals surface area contributed by atoms with Gasteiger partial charge in [-0.3, -0.25) is 4.21 Å². The number of hydrogen-bond donors (Lipinski definition) is 1. The van der Waals surface area contributed by atoms with Crippen LogP contribution in [0.3, 0.4) is 0 Å². The highest BCUT2D eigenvalue weighted by Gasteiger charge is 2.02. The van der Waals surface area contributed by atoms with Crippen molar-refractivity contribution in [2.45, 2.75) is 19.4 Å². The first-order chi connectivity index (χ1) is 5.70. The van der Waals surface area contributed by atoms with Crippen LogP contribution in [0.25, 0.3) is 0 Å². The average Bonchev–Trinajstić information content (AvgIpc) is 2.10. The van der Waals surface area contributed by atoms with Gasteiger partial charge in [0.25, 0.3) is 0 Å². The average molecular weight is 193 g/mol. The summed E-state index contributed by atoms with van der Waals surface area (Å²) in [6.07, 6.45) is 0.965. The number of rotatable bonds is 7. The standard InChI is InChI=1S/C8H19NO2S/c1-8(9-2)4-6-12(10)7-5-11-3/h8-9H,4-7H2,1-3H3. The molecule has 0 saturated carbocycles. The van der Waals surface area contributed by atoms with Gasteiger partial charge in [-0.2, -0.15) is 0 Å². The molecule has 74 valence electrons. The molecule has 0 aromatic carbocycles. The second-order valence-electron chi connectivity index (χ2n) is 2.82. The maximum Gasteiger partial charge on any atom is 0.0577 e. The van der Waals surface area contributed by atoms with Gasteiger partial charge in [-0.05, 0) is 20.4 Å². The summed E-state index contributed by atoms with van der Waals surface area (Å²) in [6, 6.07) is 0.455. The van der Waals surface area contributed by atoms with Crippen molar-refractivity contribution in [1.82, 2.24) is 5.32 Å². The zero-order chi connectivity index (χ0) is 9.40. The molecule has 0 fully saturated rings. The van der Waals surface area contributed by atoms with Gasteiger partial charge in [0.2, 0.25) is 0 Å². The Bertz CT molecular complexity index is 130. The molecule has 0 aromatic heterocycles. The van der Waals surface area contributed by atoms with Crippen molar-refractivity contribution in [1.29, 1.82) is 0 Å². The molecule has 0 spiro atoms. The molecule has 0 heterocycles. The summed E-state index contributed by atoms with van der Waals surface area (Å²) in [4.78, 5) is 0. The first-order valence-electron chi connectivity index (χ1n) is 4.22. The van der Waals surface area contributed by atoms with E-state index in [1.54, 1.807) is 7.11 Å². The van der Waals surface area contributed by atoms with Crippen molar-refractivity contribution in [3.05, 3.63) is 0 Å². The highest BCUT2D eigenvalue weighted by molar-refractivity contribution is 7.84. The maximum atomic E-state index is 11.2. The van der Waals surface area contributed by atoms with E-state index in [2.05, 4.69) is 12.2 Å². The fraction of sp³-hybridized carbons (Fsp3) is 1.00. The van der Waals surface area contributed by atoms with E-state index < -0.39 is 10.8 Å². The Kier molecular flexibility index (Phi) is 7.75. The van der Waals surface area contributed by atoms with Crippen molar-refractivity contribution >= 4 is 10.8 Å². The Morgan fingerprint density at radius 2 is 2.17 bits per heavy atom. The van der Waals surface area contributed by atoms with E-state index in [0.717, 1.165) is 12.2 Å². The molecule has 2 atom stereocenters. The Balaban J connectivity index is 3.31. The summed E-state index contributed by atoms with van der Waals surface area (Å²) in [5, 5.41) is 3.11. The lowest BCUT2D eigenvalue weighted by molar-refractivity contribution is 0.218. The van der Waals surface area contributed by atoms with Crippen LogP contribution in [0.15, 0.2) is 0 Å². The van der Waals surface area contributed by atoms with E-state index in [1.165, 1.54) is 0 Å². The predicted molar refractivity (Wildman–Crippen MR) is 52.9 cm³/mol. The van der Waals surface area contributed by atoms with Crippen molar-refractivity contribution in [2.75, 3.05) is 32.3 Å². The number of ether oxygens (including phenoxy) is 1. The van der Waals surface area contributed by atoms with Crippen LogP contribution >= 0.6 is 0 Å². The Hall–Kier alpha value is 0.0700. The molecule has 0 aliphatic carbocycles. The molecule has 0 aliphatic rings. The normalized spacial score (nSPS) is 15.9. The van der Waals surface area contributed by atoms with Crippen molar-refractivity contribution < 1.29 is 8.95 Å². The lowest BCUT2D eigenvalue weighted by Crippen LogP contribution is -2.23. The van der Waals surface area contributed by atoms with Gasteiger partial charge in [-0.25, -0.2) is 0 Å². The SMILES string of the molecule is CNC(C)CCS(=O)CCOC. The zero-order valence-corrected chi connectivity index (χ0v) is 8.95. The smallest absolute Gasteiger partial charge is 0.0577 e. The lowest BCUT2D eigenvalue weighted by Gasteiger charge is -2.08. The minimum absolute atomic E-state index is 0.455. The molecule has 0 radical (unpaired) electrons. The molecule has 0 rings (SSSR count). The van der Waals surface area contributed by atoms with Crippen LogP contribution in [0.4, 0.5) is 0 Å². The van der Waals surface area contributed by atoms with E-state index in [4.69, 9.17) is 4.74 Å². The molecule has 0 bridgehead atoms. The van der Waals surface area contributed by atoms with Gasteiger partial charge in [0, 0.05) is 35.5 Å². The number of hydrogen-bond acceptors (Lipinski definition) is 3. The molecule has 12 heavy (non-hydrogen) atoms. The molecule has 0 amide bonds. The fourth-order valence-corrected chi connectivity index (χ4v) is 1.90. The fourth-order valence-electron chi connectivity index (χ4n) is 0.731. The molecule has 0 saturated heterocycles. The summed E-state index contributed by atoms with van der Waals surface area (Å²) >= 11 is 0. The molecule has 0 aromatic rings. The Labute approximate surface area is 77.3 Å². The van der Waals surface area contributed by atoms with Gasteiger partial charge in [-0.15, -0.1) is 0 Å². The third-order valence-electron chi connectivity index (χ3n) is 1.79. The van der Waals surface area contributed by atoms with Crippen LogP contribution in [0.1, 0.15) is 13.3 Å². The van der Waals surface area contributed by atoms with Crippen molar-refractivity contribution in [3.8, 4) is 0 Å². The van der Waals surface area contributed by atoms with Gasteiger partial charge in [0.05, 0.1) is 6.61 Å². The van der Waals surface area contributed by atoms with Gasteiger partial charge >= 0.3 is 0 Å². The largest absolute Gasteiger partial charge is 0.384 e. The Morgan fingerprint density at radius 1 is 1.50 bits per heavy atom. The monoisotopic (exact) mass is 193 g/mol. The second-order valence-corrected chi connectivity index (χ2v) is 4.52. The van der Waals surface area contributed by atoms with Gasteiger partial charge in [0.15, 0.2) is 0 Å². The van der Waals surface area contributed by atoms with E-state index in [0.29, 0.717) is 18.4 Å². The molecule has 1 N–H and O–H groups in total. The van der Waals surface area contributed by atoms with Crippen molar-refractivity contribution in [2.24, 2.45) is 0 Å². The van der Waals surface area contributed by atoms with Crippen LogP contribution in [0.5, 0.6) is 0 Å². The molecule has 0 aliphatic heterocycles. The lowest BCUT2D eigenvalue weighted by atomic mass is 10.3. The van der Waals surface area contributed by atoms with Crippen LogP contribution < -0.4 is 5.32 Å². The summed E-state index contributed by atoms with van der Waals surface area (Å²) in [5.41, 5.74) is 0. The Morgan fingerprint density at radius 3 is 2.67 bits per heavy atom. The predicted octanol–water partition coefficient (Wildman–Crippen LogP) is 0.379. The zero-order valence-electron chi connectivity index (χ0n) is 8.13. The van der Waals surface area contributed by atoms with E-state index in [-0.39, 0.29) is 0 Å². The van der Waals surface area contributed by atoms with Gasteiger partial charge in [-0.1, -0.05) is 0 Å². The van der Waals surface area contributed by atoms with Crippen LogP contribution in [0.2, 0.25) is 0 Å². The number of methoxy groups -OCH3 is 1. The van der Waals surface area contributed by atoms with Crippen LogP contribution in [-0.2, 0) is 15.5 Å². The topological polar surface area (TPSA) is 38.3 Å². The summed E-state index contributed by atoms with van der Waals surface area (Å²) in [5.74, 6) is 1.43. The van der Waals surface area contributed by atoms with Crippen LogP contribution in [0, 0.1) is 0 Å². The third kappa shape index (κ3) is 6.76. The van der Waals surface area contributed by atoms with E-state index in [9.17, 15) is 4.21 Å². The quantitative estimate of drug-likeness (QED) is 0.635. The van der Waals surface area contributed by atoms with Crippen molar-refractivity contribution in [3.63, 3.8) is 0 Å². The van der Waals surface area contributed by atoms with Gasteiger partial charge in [0.1, 0.15) is 0 Å². The maximum absolute atomic E-state index is 11.2. The summed E-state index contributed by atoms with van der Waals surface area (Å²) in [7, 11) is 2.84. The highest BCUT2D eigenvalue weighted by atomic mass is 32.2. The summed E-state index contributed by atoms with van der Waals surface area (Å²) in [6.45, 7) is 2.69. The van der Waals surface area contributed by atoms with Gasteiger partial charge < -0.3 is 10.1 Å². The van der Waals surface area contributed by atoms with E-state index in [1.807, 2.05) is 7.05 Å². The molecule has 4 heteroatoms. The molecule has 2 unspecified atom stereocenters. The summed E-state index contributed by atoms with van der Waals surface area (Å²) < 4.78 is 16.1. The minimum atomic E-state index is -0.707. The second kappa shape index (κ2) is 7.71. The molecular formula is C8H19NO2S. The number of nitrogens with one attached hydrogen (secondary N) is 1.